The highest BCUT2D eigenvalue weighted by atomic mass is 16.5. The molecular weight excluding hydrogens is 278 g/mol. The van der Waals surface area contributed by atoms with Crippen molar-refractivity contribution >= 4 is 17.5 Å². The van der Waals surface area contributed by atoms with E-state index in [9.17, 15) is 9.59 Å². The van der Waals surface area contributed by atoms with E-state index in [1.807, 2.05) is 24.3 Å². The van der Waals surface area contributed by atoms with Crippen LogP contribution in [-0.2, 0) is 19.7 Å². The second-order valence-electron chi connectivity index (χ2n) is 6.27. The lowest BCUT2D eigenvalue weighted by atomic mass is 9.86. The van der Waals surface area contributed by atoms with Crippen molar-refractivity contribution in [3.05, 3.63) is 47.2 Å². The topological polar surface area (TPSA) is 55.7 Å². The fraction of sp³-hybridized carbons (Fsp3) is 0.389. The van der Waals surface area contributed by atoms with E-state index in [2.05, 4.69) is 25.8 Å². The average molecular weight is 299 g/mol. The summed E-state index contributed by atoms with van der Waals surface area (Å²) in [6.45, 7) is 8.40. The first-order valence-electron chi connectivity index (χ1n) is 7.41. The number of Topliss-reactive ketones (excluding diaryl/α,β-unsaturated/α-hetero) is 1. The standard InChI is InChI=1S/C18H21NO3/c1-5-22-17(21)14-11-19-15(10-16(14)20)12-6-8-13(9-7-12)18(2,3)4/h6-9,11H,5,10H2,1-4H3. The Morgan fingerprint density at radius 1 is 1.23 bits per heavy atom. The number of carbonyl (C=O) groups excluding carboxylic acids is 2. The zero-order valence-corrected chi connectivity index (χ0v) is 13.5. The van der Waals surface area contributed by atoms with Gasteiger partial charge in [-0.3, -0.25) is 9.79 Å². The molecule has 0 bridgehead atoms. The largest absolute Gasteiger partial charge is 0.462 e. The Morgan fingerprint density at radius 2 is 1.86 bits per heavy atom. The molecule has 0 aliphatic carbocycles. The molecule has 1 aliphatic rings. The molecule has 2 rings (SSSR count). The van der Waals surface area contributed by atoms with Crippen LogP contribution in [0.1, 0.15) is 45.2 Å². The summed E-state index contributed by atoms with van der Waals surface area (Å²) in [6, 6.07) is 8.03. The van der Waals surface area contributed by atoms with E-state index in [0.717, 1.165) is 5.56 Å². The summed E-state index contributed by atoms with van der Waals surface area (Å²) in [7, 11) is 0. The maximum atomic E-state index is 12.1. The first-order valence-corrected chi connectivity index (χ1v) is 7.41. The van der Waals surface area contributed by atoms with Crippen LogP contribution in [0.25, 0.3) is 0 Å². The highest BCUT2D eigenvalue weighted by Gasteiger charge is 2.25. The summed E-state index contributed by atoms with van der Waals surface area (Å²) in [5.74, 6) is -0.846. The zero-order valence-electron chi connectivity index (χ0n) is 13.5. The Hall–Kier alpha value is -2.23. The molecule has 0 saturated heterocycles. The number of aliphatic imine (C=N–C) groups is 1. The van der Waals surface area contributed by atoms with Gasteiger partial charge in [-0.15, -0.1) is 0 Å². The summed E-state index contributed by atoms with van der Waals surface area (Å²) >= 11 is 0. The maximum absolute atomic E-state index is 12.1. The molecule has 0 N–H and O–H groups in total. The molecule has 1 heterocycles. The van der Waals surface area contributed by atoms with Gasteiger partial charge in [-0.05, 0) is 23.5 Å². The Morgan fingerprint density at radius 3 is 2.36 bits per heavy atom. The highest BCUT2D eigenvalue weighted by molar-refractivity contribution is 6.26. The molecule has 1 aliphatic heterocycles. The second-order valence-corrected chi connectivity index (χ2v) is 6.27. The predicted octanol–water partition coefficient (Wildman–Crippen LogP) is 3.19. The van der Waals surface area contributed by atoms with Crippen LogP contribution in [0.2, 0.25) is 0 Å². The Labute approximate surface area is 130 Å². The van der Waals surface area contributed by atoms with Crippen LogP contribution < -0.4 is 0 Å². The molecule has 0 amide bonds. The lowest BCUT2D eigenvalue weighted by Gasteiger charge is -2.19. The molecule has 0 fully saturated rings. The third-order valence-corrected chi connectivity index (χ3v) is 3.56. The lowest BCUT2D eigenvalue weighted by molar-refractivity contribution is -0.139. The first kappa shape index (κ1) is 16.1. The van der Waals surface area contributed by atoms with Gasteiger partial charge >= 0.3 is 5.97 Å². The van der Waals surface area contributed by atoms with Crippen molar-refractivity contribution in [3.8, 4) is 0 Å². The molecule has 0 atom stereocenters. The molecule has 4 nitrogen and oxygen atoms in total. The number of rotatable bonds is 3. The number of hydrogen-bond acceptors (Lipinski definition) is 4. The van der Waals surface area contributed by atoms with Gasteiger partial charge in [-0.2, -0.15) is 0 Å². The molecule has 0 radical (unpaired) electrons. The van der Waals surface area contributed by atoms with E-state index >= 15 is 0 Å². The van der Waals surface area contributed by atoms with E-state index in [0.29, 0.717) is 5.71 Å². The maximum Gasteiger partial charge on any atom is 0.343 e. The van der Waals surface area contributed by atoms with Gasteiger partial charge in [0.2, 0.25) is 0 Å². The minimum atomic E-state index is -0.599. The minimum absolute atomic E-state index is 0.0249. The Balaban J connectivity index is 2.24. The molecule has 22 heavy (non-hydrogen) atoms. The Bertz CT molecular complexity index is 646. The van der Waals surface area contributed by atoms with Crippen LogP contribution in [0.4, 0.5) is 0 Å². The van der Waals surface area contributed by atoms with Gasteiger partial charge in [-0.25, -0.2) is 4.79 Å². The smallest absolute Gasteiger partial charge is 0.343 e. The monoisotopic (exact) mass is 299 g/mol. The number of esters is 1. The number of hydrogen-bond donors (Lipinski definition) is 0. The molecule has 0 aromatic heterocycles. The molecule has 4 heteroatoms. The van der Waals surface area contributed by atoms with Crippen molar-refractivity contribution < 1.29 is 14.3 Å². The van der Waals surface area contributed by atoms with Crippen LogP contribution in [0.15, 0.2) is 41.0 Å². The third kappa shape index (κ3) is 3.50. The van der Waals surface area contributed by atoms with Crippen molar-refractivity contribution in [1.82, 2.24) is 0 Å². The summed E-state index contributed by atoms with van der Waals surface area (Å²) in [5, 5.41) is 0. The quantitative estimate of drug-likeness (QED) is 0.636. The normalized spacial score (nSPS) is 15.2. The molecule has 1 aromatic carbocycles. The minimum Gasteiger partial charge on any atom is -0.462 e. The molecule has 0 unspecified atom stereocenters. The second kappa shape index (κ2) is 6.26. The molecule has 116 valence electrons. The summed E-state index contributed by atoms with van der Waals surface area (Å²) in [5.41, 5.74) is 2.91. The first-order chi connectivity index (χ1) is 10.3. The fourth-order valence-electron chi connectivity index (χ4n) is 2.22. The average Bonchev–Trinajstić information content (AvgIpc) is 2.46. The predicted molar refractivity (Wildman–Crippen MR) is 86.0 cm³/mol. The van der Waals surface area contributed by atoms with Gasteiger partial charge in [0.1, 0.15) is 5.57 Å². The number of carbonyl (C=O) groups is 2. The molecular formula is C18H21NO3. The van der Waals surface area contributed by atoms with E-state index in [1.54, 1.807) is 6.92 Å². The van der Waals surface area contributed by atoms with E-state index in [-0.39, 0.29) is 29.8 Å². The van der Waals surface area contributed by atoms with Gasteiger partial charge in [0, 0.05) is 6.20 Å². The van der Waals surface area contributed by atoms with Gasteiger partial charge in [0.15, 0.2) is 5.78 Å². The van der Waals surface area contributed by atoms with Crippen molar-refractivity contribution in [2.24, 2.45) is 4.99 Å². The van der Waals surface area contributed by atoms with Crippen LogP contribution >= 0.6 is 0 Å². The van der Waals surface area contributed by atoms with E-state index in [4.69, 9.17) is 4.74 Å². The number of nitrogens with zero attached hydrogens (tertiary/aromatic N) is 1. The van der Waals surface area contributed by atoms with Crippen molar-refractivity contribution in [2.45, 2.75) is 39.5 Å². The summed E-state index contributed by atoms with van der Waals surface area (Å²) in [4.78, 5) is 28.0. The lowest BCUT2D eigenvalue weighted by Crippen LogP contribution is -2.22. The Kier molecular flexibility index (Phi) is 4.59. The number of benzene rings is 1. The zero-order chi connectivity index (χ0) is 16.3. The van der Waals surface area contributed by atoms with Crippen LogP contribution in [0.5, 0.6) is 0 Å². The van der Waals surface area contributed by atoms with Crippen molar-refractivity contribution in [2.75, 3.05) is 6.61 Å². The van der Waals surface area contributed by atoms with E-state index < -0.39 is 5.97 Å². The van der Waals surface area contributed by atoms with Crippen molar-refractivity contribution in [3.63, 3.8) is 0 Å². The highest BCUT2D eigenvalue weighted by Crippen LogP contribution is 2.23. The van der Waals surface area contributed by atoms with E-state index in [1.165, 1.54) is 11.8 Å². The van der Waals surface area contributed by atoms with Gasteiger partial charge in [0.25, 0.3) is 0 Å². The summed E-state index contributed by atoms with van der Waals surface area (Å²) < 4.78 is 4.85. The van der Waals surface area contributed by atoms with Crippen LogP contribution in [0.3, 0.4) is 0 Å². The SMILES string of the molecule is CCOC(=O)C1=CN=C(c2ccc(C(C)(C)C)cc2)CC1=O. The summed E-state index contributed by atoms with van der Waals surface area (Å²) in [6.07, 6.45) is 1.44. The number of ether oxygens (including phenoxy) is 1. The van der Waals surface area contributed by atoms with Gasteiger partial charge < -0.3 is 4.74 Å². The molecule has 0 saturated carbocycles. The van der Waals surface area contributed by atoms with Gasteiger partial charge in [0.05, 0.1) is 18.7 Å². The third-order valence-electron chi connectivity index (χ3n) is 3.56. The van der Waals surface area contributed by atoms with Crippen LogP contribution in [0, 0.1) is 0 Å². The fourth-order valence-corrected chi connectivity index (χ4v) is 2.22. The number of ketones is 1. The molecule has 0 spiro atoms. The van der Waals surface area contributed by atoms with Gasteiger partial charge in [-0.1, -0.05) is 45.0 Å². The van der Waals surface area contributed by atoms with Crippen molar-refractivity contribution in [1.29, 1.82) is 0 Å². The molecule has 1 aromatic rings. The van der Waals surface area contributed by atoms with Crippen LogP contribution in [-0.4, -0.2) is 24.1 Å².